The topological polar surface area (TPSA) is 112 Å². The molecular weight excluding hydrogens is 282 g/mol. The van der Waals surface area contributed by atoms with Gasteiger partial charge in [-0.25, -0.2) is 17.9 Å². The first-order valence-electron chi connectivity index (χ1n) is 6.45. The van der Waals surface area contributed by atoms with Crippen molar-refractivity contribution in [3.8, 4) is 0 Å². The molecule has 0 saturated heterocycles. The molecule has 0 unspecified atom stereocenters. The second-order valence-electron chi connectivity index (χ2n) is 4.67. The van der Waals surface area contributed by atoms with Crippen LogP contribution in [0.5, 0.6) is 0 Å². The normalized spacial score (nSPS) is 15.9. The van der Waals surface area contributed by atoms with Gasteiger partial charge >= 0.3 is 5.97 Å². The van der Waals surface area contributed by atoms with Crippen LogP contribution in [0.1, 0.15) is 42.5 Å². The lowest BCUT2D eigenvalue weighted by Gasteiger charge is -2.12. The number of carboxylic acid groups (broad SMARTS) is 1. The van der Waals surface area contributed by atoms with Gasteiger partial charge < -0.3 is 5.11 Å². The molecule has 1 aromatic heterocycles. The molecule has 7 nitrogen and oxygen atoms in total. The molecule has 0 amide bonds. The third-order valence-corrected chi connectivity index (χ3v) is 4.66. The van der Waals surface area contributed by atoms with Gasteiger partial charge in [-0.15, -0.1) is 0 Å². The molecule has 8 heteroatoms. The van der Waals surface area contributed by atoms with Crippen molar-refractivity contribution < 1.29 is 18.3 Å². The molecule has 110 valence electrons. The summed E-state index contributed by atoms with van der Waals surface area (Å²) in [5.74, 6) is -1.32. The lowest BCUT2D eigenvalue weighted by Crippen LogP contribution is -2.27. The van der Waals surface area contributed by atoms with Crippen molar-refractivity contribution in [2.45, 2.75) is 37.1 Å². The van der Waals surface area contributed by atoms with Crippen molar-refractivity contribution in [3.05, 3.63) is 23.4 Å². The molecule has 0 atom stereocenters. The number of nitrogens with one attached hydrogen (secondary N) is 2. The van der Waals surface area contributed by atoms with Crippen LogP contribution in [0.3, 0.4) is 0 Å². The quantitative estimate of drug-likeness (QED) is 0.685. The van der Waals surface area contributed by atoms with Crippen molar-refractivity contribution in [2.75, 3.05) is 6.54 Å². The Bertz CT molecular complexity index is 618. The molecule has 3 N–H and O–H groups in total. The van der Waals surface area contributed by atoms with Gasteiger partial charge in [0.15, 0.2) is 5.03 Å². The highest BCUT2D eigenvalue weighted by atomic mass is 32.2. The summed E-state index contributed by atoms with van der Waals surface area (Å²) in [5.41, 5.74) is 0.899. The maximum absolute atomic E-state index is 12.0. The van der Waals surface area contributed by atoms with E-state index in [1.165, 1.54) is 12.0 Å². The summed E-state index contributed by atoms with van der Waals surface area (Å²) in [5, 5.41) is 14.2. The zero-order valence-electron chi connectivity index (χ0n) is 10.9. The van der Waals surface area contributed by atoms with Crippen LogP contribution in [0.2, 0.25) is 0 Å². The number of aromatic amines is 1. The second kappa shape index (κ2) is 6.19. The van der Waals surface area contributed by atoms with Crippen molar-refractivity contribution in [3.63, 3.8) is 0 Å². The molecule has 20 heavy (non-hydrogen) atoms. The number of nitrogens with zero attached hydrogens (tertiary/aromatic N) is 1. The fourth-order valence-corrected chi connectivity index (χ4v) is 3.30. The monoisotopic (exact) mass is 299 g/mol. The average molecular weight is 299 g/mol. The summed E-state index contributed by atoms with van der Waals surface area (Å²) in [6.45, 7) is 0.256. The highest BCUT2D eigenvalue weighted by Crippen LogP contribution is 2.20. The zero-order chi connectivity index (χ0) is 14.6. The van der Waals surface area contributed by atoms with Crippen molar-refractivity contribution in [2.24, 2.45) is 0 Å². The Morgan fingerprint density at radius 1 is 1.45 bits per heavy atom. The smallest absolute Gasteiger partial charge is 0.340 e. The number of rotatable bonds is 6. The van der Waals surface area contributed by atoms with Gasteiger partial charge in [0.2, 0.25) is 0 Å². The molecule has 1 aromatic rings. The first kappa shape index (κ1) is 14.7. The maximum atomic E-state index is 12.0. The Morgan fingerprint density at radius 2 is 2.25 bits per heavy atom. The largest absolute Gasteiger partial charge is 0.478 e. The zero-order valence-corrected chi connectivity index (χ0v) is 11.7. The maximum Gasteiger partial charge on any atom is 0.340 e. The Morgan fingerprint density at radius 3 is 2.90 bits per heavy atom. The van der Waals surface area contributed by atoms with Crippen molar-refractivity contribution in [1.29, 1.82) is 0 Å². The summed E-state index contributed by atoms with van der Waals surface area (Å²) in [7, 11) is -3.87. The number of allylic oxidation sites excluding steroid dienone is 1. The Hall–Kier alpha value is -1.67. The molecule has 1 aliphatic carbocycles. The molecule has 0 bridgehead atoms. The predicted octanol–water partition coefficient (Wildman–Crippen LogP) is 1.28. The van der Waals surface area contributed by atoms with Gasteiger partial charge in [0.1, 0.15) is 5.56 Å². The number of aromatic carboxylic acids is 1. The summed E-state index contributed by atoms with van der Waals surface area (Å²) < 4.78 is 26.4. The average Bonchev–Trinajstić information content (AvgIpc) is 2.90. The van der Waals surface area contributed by atoms with Gasteiger partial charge in [-0.1, -0.05) is 11.6 Å². The minimum absolute atomic E-state index is 0.256. The highest BCUT2D eigenvalue weighted by molar-refractivity contribution is 7.89. The predicted molar refractivity (Wildman–Crippen MR) is 71.9 cm³/mol. The number of hydrogen-bond donors (Lipinski definition) is 3. The van der Waals surface area contributed by atoms with E-state index in [1.807, 2.05) is 0 Å². The molecule has 0 fully saturated rings. The summed E-state index contributed by atoms with van der Waals surface area (Å²) in [6.07, 6.45) is 8.17. The van der Waals surface area contributed by atoms with Gasteiger partial charge in [0, 0.05) is 6.54 Å². The van der Waals surface area contributed by atoms with Gasteiger partial charge in [-0.3, -0.25) is 5.10 Å². The highest BCUT2D eigenvalue weighted by Gasteiger charge is 2.24. The van der Waals surface area contributed by atoms with E-state index in [9.17, 15) is 13.2 Å². The summed E-state index contributed by atoms with van der Waals surface area (Å²) in [4.78, 5) is 10.9. The summed E-state index contributed by atoms with van der Waals surface area (Å²) in [6, 6.07) is 0. The molecule has 1 heterocycles. The van der Waals surface area contributed by atoms with Crippen LogP contribution in [0.25, 0.3) is 0 Å². The van der Waals surface area contributed by atoms with E-state index in [1.54, 1.807) is 0 Å². The first-order valence-corrected chi connectivity index (χ1v) is 7.93. The first-order chi connectivity index (χ1) is 9.50. The van der Waals surface area contributed by atoms with E-state index in [0.717, 1.165) is 25.5 Å². The van der Waals surface area contributed by atoms with E-state index >= 15 is 0 Å². The lowest BCUT2D eigenvalue weighted by atomic mass is 9.97. The van der Waals surface area contributed by atoms with Crippen molar-refractivity contribution >= 4 is 16.0 Å². The second-order valence-corrected chi connectivity index (χ2v) is 6.38. The number of sulfonamides is 1. The minimum Gasteiger partial charge on any atom is -0.478 e. The van der Waals surface area contributed by atoms with E-state index in [4.69, 9.17) is 5.11 Å². The molecule has 0 aliphatic heterocycles. The van der Waals surface area contributed by atoms with Crippen LogP contribution in [0.15, 0.2) is 22.9 Å². The molecule has 0 spiro atoms. The number of aromatic nitrogens is 2. The Labute approximate surface area is 117 Å². The fraction of sp³-hybridized carbons (Fsp3) is 0.500. The van der Waals surface area contributed by atoms with Gasteiger partial charge in [0.05, 0.1) is 6.20 Å². The number of hydrogen-bond acceptors (Lipinski definition) is 4. The third-order valence-electron chi connectivity index (χ3n) is 3.23. The molecule has 0 radical (unpaired) electrons. The van der Waals surface area contributed by atoms with E-state index < -0.39 is 21.0 Å². The third kappa shape index (κ3) is 3.45. The number of carbonyl (C=O) groups is 1. The van der Waals surface area contributed by atoms with Crippen LogP contribution in [0.4, 0.5) is 0 Å². The fourth-order valence-electron chi connectivity index (χ4n) is 2.18. The van der Waals surface area contributed by atoms with E-state index in [0.29, 0.717) is 6.42 Å². The molecule has 0 saturated carbocycles. The lowest BCUT2D eigenvalue weighted by molar-refractivity contribution is 0.0692. The van der Waals surface area contributed by atoms with Crippen LogP contribution in [-0.2, 0) is 10.0 Å². The van der Waals surface area contributed by atoms with Crippen LogP contribution in [0, 0.1) is 0 Å². The number of carboxylic acids is 1. The molecular formula is C12H17N3O4S. The standard InChI is InChI=1S/C12H17N3O4S/c16-12(17)10-8-13-15-11(10)20(18,19)14-7-6-9-4-2-1-3-5-9/h4,8,14H,1-3,5-7H2,(H,13,15)(H,16,17). The Kier molecular flexibility index (Phi) is 4.56. The van der Waals surface area contributed by atoms with Gasteiger partial charge in [-0.2, -0.15) is 5.10 Å². The van der Waals surface area contributed by atoms with E-state index in [2.05, 4.69) is 21.0 Å². The van der Waals surface area contributed by atoms with Gasteiger partial charge in [-0.05, 0) is 32.1 Å². The number of H-pyrrole nitrogens is 1. The Balaban J connectivity index is 1.99. The van der Waals surface area contributed by atoms with Crippen LogP contribution >= 0.6 is 0 Å². The van der Waals surface area contributed by atoms with E-state index in [-0.39, 0.29) is 12.1 Å². The summed E-state index contributed by atoms with van der Waals surface area (Å²) >= 11 is 0. The van der Waals surface area contributed by atoms with Crippen LogP contribution in [-0.4, -0.2) is 36.2 Å². The van der Waals surface area contributed by atoms with Gasteiger partial charge in [0.25, 0.3) is 10.0 Å². The molecule has 0 aromatic carbocycles. The molecule has 1 aliphatic rings. The van der Waals surface area contributed by atoms with Crippen molar-refractivity contribution in [1.82, 2.24) is 14.9 Å². The SMILES string of the molecule is O=C(O)c1cn[nH]c1S(=O)(=O)NCCC1=CCCCC1. The van der Waals surface area contributed by atoms with Crippen LogP contribution < -0.4 is 4.72 Å². The minimum atomic E-state index is -3.87. The molecule has 2 rings (SSSR count).